The number of benzene rings is 2. The SMILES string of the molecule is O=C(Nc1ccc(O)cc1Cl)c1cccc2c1OCCO2. The molecule has 0 radical (unpaired) electrons. The molecule has 3 rings (SSSR count). The number of phenols is 1. The first-order valence-corrected chi connectivity index (χ1v) is 6.71. The van der Waals surface area contributed by atoms with Gasteiger partial charge in [-0.25, -0.2) is 0 Å². The van der Waals surface area contributed by atoms with Crippen molar-refractivity contribution in [2.45, 2.75) is 0 Å². The second kappa shape index (κ2) is 5.54. The van der Waals surface area contributed by atoms with Crippen molar-refractivity contribution < 1.29 is 19.4 Å². The third-order valence-corrected chi connectivity index (χ3v) is 3.32. The van der Waals surface area contributed by atoms with Gasteiger partial charge in [-0.1, -0.05) is 17.7 Å². The molecule has 0 bridgehead atoms. The van der Waals surface area contributed by atoms with Gasteiger partial charge in [0.15, 0.2) is 11.5 Å². The number of anilines is 1. The Morgan fingerprint density at radius 3 is 2.81 bits per heavy atom. The number of rotatable bonds is 2. The molecule has 0 aliphatic carbocycles. The fourth-order valence-corrected chi connectivity index (χ4v) is 2.27. The smallest absolute Gasteiger partial charge is 0.259 e. The number of nitrogens with one attached hydrogen (secondary N) is 1. The predicted octanol–water partition coefficient (Wildman–Crippen LogP) is 3.07. The molecule has 6 heteroatoms. The maximum atomic E-state index is 12.4. The van der Waals surface area contributed by atoms with Crippen LogP contribution >= 0.6 is 11.6 Å². The lowest BCUT2D eigenvalue weighted by atomic mass is 10.1. The second-order valence-electron chi connectivity index (χ2n) is 4.45. The molecule has 1 aliphatic rings. The number of amides is 1. The van der Waals surface area contributed by atoms with Crippen molar-refractivity contribution in [1.29, 1.82) is 0 Å². The fourth-order valence-electron chi connectivity index (χ4n) is 2.05. The maximum Gasteiger partial charge on any atom is 0.259 e. The monoisotopic (exact) mass is 305 g/mol. The van der Waals surface area contributed by atoms with Crippen LogP contribution in [0.25, 0.3) is 0 Å². The van der Waals surface area contributed by atoms with E-state index in [2.05, 4.69) is 5.32 Å². The summed E-state index contributed by atoms with van der Waals surface area (Å²) in [5.41, 5.74) is 0.783. The Morgan fingerprint density at radius 2 is 2.00 bits per heavy atom. The minimum Gasteiger partial charge on any atom is -0.508 e. The highest BCUT2D eigenvalue weighted by Crippen LogP contribution is 2.34. The van der Waals surface area contributed by atoms with Crippen molar-refractivity contribution in [3.8, 4) is 17.2 Å². The molecular weight excluding hydrogens is 294 g/mol. The van der Waals surface area contributed by atoms with Gasteiger partial charge in [-0.3, -0.25) is 4.79 Å². The van der Waals surface area contributed by atoms with Gasteiger partial charge in [0.1, 0.15) is 19.0 Å². The standard InChI is InChI=1S/C15H12ClNO4/c16-11-8-9(18)4-5-12(11)17-15(19)10-2-1-3-13-14(10)21-7-6-20-13/h1-5,8,18H,6-7H2,(H,17,19). The number of halogens is 1. The number of aromatic hydroxyl groups is 1. The average Bonchev–Trinajstić information content (AvgIpc) is 2.49. The van der Waals surface area contributed by atoms with Crippen LogP contribution in [0.3, 0.4) is 0 Å². The van der Waals surface area contributed by atoms with Crippen LogP contribution < -0.4 is 14.8 Å². The molecule has 0 spiro atoms. The number of hydrogen-bond donors (Lipinski definition) is 2. The number of phenolic OH excluding ortho intramolecular Hbond substituents is 1. The molecule has 0 saturated carbocycles. The van der Waals surface area contributed by atoms with Crippen LogP contribution in [-0.4, -0.2) is 24.2 Å². The zero-order chi connectivity index (χ0) is 14.8. The second-order valence-corrected chi connectivity index (χ2v) is 4.86. The van der Waals surface area contributed by atoms with Gasteiger partial charge in [0.25, 0.3) is 5.91 Å². The summed E-state index contributed by atoms with van der Waals surface area (Å²) < 4.78 is 10.9. The Kier molecular flexibility index (Phi) is 3.58. The Morgan fingerprint density at radius 1 is 1.19 bits per heavy atom. The first-order chi connectivity index (χ1) is 10.1. The van der Waals surface area contributed by atoms with E-state index in [1.807, 2.05) is 0 Å². The first-order valence-electron chi connectivity index (χ1n) is 6.33. The minimum atomic E-state index is -0.357. The number of fused-ring (bicyclic) bond motifs is 1. The number of carbonyl (C=O) groups is 1. The van der Waals surface area contributed by atoms with Crippen LogP contribution in [0.4, 0.5) is 5.69 Å². The Labute approximate surface area is 126 Å². The largest absolute Gasteiger partial charge is 0.508 e. The van der Waals surface area contributed by atoms with E-state index in [0.717, 1.165) is 0 Å². The van der Waals surface area contributed by atoms with Gasteiger partial charge in [0.05, 0.1) is 16.3 Å². The highest BCUT2D eigenvalue weighted by molar-refractivity contribution is 6.34. The molecule has 2 aromatic rings. The van der Waals surface area contributed by atoms with E-state index < -0.39 is 0 Å². The van der Waals surface area contributed by atoms with Crippen LogP contribution in [-0.2, 0) is 0 Å². The Hall–Kier alpha value is -2.40. The third kappa shape index (κ3) is 2.73. The van der Waals surface area contributed by atoms with Crippen molar-refractivity contribution in [2.24, 2.45) is 0 Å². The molecule has 21 heavy (non-hydrogen) atoms. The van der Waals surface area contributed by atoms with E-state index >= 15 is 0 Å². The molecule has 5 nitrogen and oxygen atoms in total. The first kappa shape index (κ1) is 13.6. The highest BCUT2D eigenvalue weighted by atomic mass is 35.5. The van der Waals surface area contributed by atoms with Crippen LogP contribution in [0.5, 0.6) is 17.2 Å². The number of carbonyl (C=O) groups excluding carboxylic acids is 1. The molecule has 0 saturated heterocycles. The van der Waals surface area contributed by atoms with E-state index in [1.165, 1.54) is 18.2 Å². The van der Waals surface area contributed by atoms with Gasteiger partial charge >= 0.3 is 0 Å². The summed E-state index contributed by atoms with van der Waals surface area (Å²) in [7, 11) is 0. The number of para-hydroxylation sites is 1. The molecular formula is C15H12ClNO4. The molecule has 0 atom stereocenters. The quantitative estimate of drug-likeness (QED) is 0.837. The summed E-state index contributed by atoms with van der Waals surface area (Å²) in [5, 5.41) is 12.3. The fraction of sp³-hybridized carbons (Fsp3) is 0.133. The maximum absolute atomic E-state index is 12.4. The zero-order valence-corrected chi connectivity index (χ0v) is 11.7. The molecule has 1 aliphatic heterocycles. The molecule has 2 aromatic carbocycles. The summed E-state index contributed by atoms with van der Waals surface area (Å²) in [5.74, 6) is 0.651. The summed E-state index contributed by atoms with van der Waals surface area (Å²) in [6, 6.07) is 9.46. The average molecular weight is 306 g/mol. The van der Waals surface area contributed by atoms with Crippen LogP contribution in [0.1, 0.15) is 10.4 Å². The molecule has 0 fully saturated rings. The van der Waals surface area contributed by atoms with E-state index in [0.29, 0.717) is 36.0 Å². The van der Waals surface area contributed by atoms with Crippen LogP contribution in [0, 0.1) is 0 Å². The molecule has 1 heterocycles. The molecule has 0 unspecified atom stereocenters. The lowest BCUT2D eigenvalue weighted by Gasteiger charge is -2.20. The number of ether oxygens (including phenoxy) is 2. The number of hydrogen-bond acceptors (Lipinski definition) is 4. The molecule has 0 aromatic heterocycles. The third-order valence-electron chi connectivity index (χ3n) is 3.01. The van der Waals surface area contributed by atoms with Crippen molar-refractivity contribution >= 4 is 23.2 Å². The van der Waals surface area contributed by atoms with Gasteiger partial charge in [-0.05, 0) is 24.3 Å². The summed E-state index contributed by atoms with van der Waals surface area (Å²) >= 11 is 5.97. The zero-order valence-electron chi connectivity index (χ0n) is 10.9. The van der Waals surface area contributed by atoms with Gasteiger partial charge in [0, 0.05) is 6.07 Å². The van der Waals surface area contributed by atoms with E-state index in [4.69, 9.17) is 21.1 Å². The van der Waals surface area contributed by atoms with Crippen LogP contribution in [0.15, 0.2) is 36.4 Å². The Bertz CT molecular complexity index is 702. The van der Waals surface area contributed by atoms with Crippen LogP contribution in [0.2, 0.25) is 5.02 Å². The summed E-state index contributed by atoms with van der Waals surface area (Å²) in [6.07, 6.45) is 0. The van der Waals surface area contributed by atoms with Gasteiger partial charge in [-0.15, -0.1) is 0 Å². The highest BCUT2D eigenvalue weighted by Gasteiger charge is 2.20. The summed E-state index contributed by atoms with van der Waals surface area (Å²) in [4.78, 5) is 12.4. The minimum absolute atomic E-state index is 0.0341. The van der Waals surface area contributed by atoms with Crippen molar-refractivity contribution in [1.82, 2.24) is 0 Å². The Balaban J connectivity index is 1.89. The van der Waals surface area contributed by atoms with Gasteiger partial charge in [-0.2, -0.15) is 0 Å². The normalized spacial score (nSPS) is 12.8. The predicted molar refractivity (Wildman–Crippen MR) is 78.5 cm³/mol. The molecule has 1 amide bonds. The van der Waals surface area contributed by atoms with Gasteiger partial charge < -0.3 is 19.9 Å². The van der Waals surface area contributed by atoms with Crippen molar-refractivity contribution in [3.05, 3.63) is 47.0 Å². The molecule has 2 N–H and O–H groups in total. The van der Waals surface area contributed by atoms with Crippen molar-refractivity contribution in [2.75, 3.05) is 18.5 Å². The van der Waals surface area contributed by atoms with Gasteiger partial charge in [0.2, 0.25) is 0 Å². The molecule has 108 valence electrons. The lowest BCUT2D eigenvalue weighted by Crippen LogP contribution is -2.20. The summed E-state index contributed by atoms with van der Waals surface area (Å²) in [6.45, 7) is 0.860. The lowest BCUT2D eigenvalue weighted by molar-refractivity contribution is 0.101. The van der Waals surface area contributed by atoms with Crippen molar-refractivity contribution in [3.63, 3.8) is 0 Å². The van der Waals surface area contributed by atoms with E-state index in [9.17, 15) is 9.90 Å². The van der Waals surface area contributed by atoms with E-state index in [-0.39, 0.29) is 16.7 Å². The van der Waals surface area contributed by atoms with E-state index in [1.54, 1.807) is 18.2 Å². The topological polar surface area (TPSA) is 67.8 Å².